The van der Waals surface area contributed by atoms with Gasteiger partial charge in [-0.1, -0.05) is 6.92 Å². The quantitative estimate of drug-likeness (QED) is 0.452. The van der Waals surface area contributed by atoms with E-state index >= 15 is 0 Å². The Bertz CT molecular complexity index is 1540. The summed E-state index contributed by atoms with van der Waals surface area (Å²) in [5.74, 6) is -0.324. The van der Waals surface area contributed by atoms with Crippen molar-refractivity contribution >= 4 is 38.2 Å². The second kappa shape index (κ2) is 11.2. The van der Waals surface area contributed by atoms with Gasteiger partial charge in [0, 0.05) is 48.4 Å². The summed E-state index contributed by atoms with van der Waals surface area (Å²) in [6.07, 6.45) is 2.58. The van der Waals surface area contributed by atoms with Crippen molar-refractivity contribution < 1.29 is 18.0 Å². The molecule has 1 saturated heterocycles. The summed E-state index contributed by atoms with van der Waals surface area (Å²) in [5, 5.41) is 7.87. The molecular weight excluding hydrogens is 546 g/mol. The van der Waals surface area contributed by atoms with E-state index in [2.05, 4.69) is 36.1 Å². The number of rotatable bonds is 6. The molecule has 9 nitrogen and oxygen atoms in total. The van der Waals surface area contributed by atoms with Gasteiger partial charge in [-0.05, 0) is 88.8 Å². The first kappa shape index (κ1) is 28.7. The van der Waals surface area contributed by atoms with Crippen LogP contribution in [-0.4, -0.2) is 64.9 Å². The standard InChI is InChI=1S/C29H37N5O4S2/c1-18(2)32-14-12-24-25(17-32)39-28(26(24)29(36)34-21(5)15-20(4)31-34)30-27(35)22-8-10-23(11-9-22)40(37,38)33-13-6-7-19(3)16-33/h8-11,15,18-19H,6-7,12-14,16-17H2,1-5H3,(H,30,35). The monoisotopic (exact) mass is 583 g/mol. The van der Waals surface area contributed by atoms with E-state index < -0.39 is 15.9 Å². The number of carbonyl (C=O) groups is 2. The zero-order valence-electron chi connectivity index (χ0n) is 23.7. The van der Waals surface area contributed by atoms with Gasteiger partial charge in [-0.2, -0.15) is 9.40 Å². The predicted molar refractivity (Wildman–Crippen MR) is 157 cm³/mol. The lowest BCUT2D eigenvalue weighted by Crippen LogP contribution is -2.39. The molecule has 1 fully saturated rings. The second-order valence-electron chi connectivity index (χ2n) is 11.3. The van der Waals surface area contributed by atoms with Crippen molar-refractivity contribution in [2.75, 3.05) is 25.0 Å². The maximum Gasteiger partial charge on any atom is 0.281 e. The molecule has 0 aliphatic carbocycles. The van der Waals surface area contributed by atoms with Gasteiger partial charge in [0.05, 0.1) is 16.2 Å². The van der Waals surface area contributed by atoms with Gasteiger partial charge in [-0.15, -0.1) is 11.3 Å². The molecular formula is C29H37N5O4S2. The molecule has 3 aromatic rings. The van der Waals surface area contributed by atoms with E-state index in [0.717, 1.165) is 41.2 Å². The highest BCUT2D eigenvalue weighted by Crippen LogP contribution is 2.38. The predicted octanol–water partition coefficient (Wildman–Crippen LogP) is 4.69. The summed E-state index contributed by atoms with van der Waals surface area (Å²) in [6.45, 7) is 12.6. The second-order valence-corrected chi connectivity index (χ2v) is 14.3. The lowest BCUT2D eigenvalue weighted by Gasteiger charge is -2.30. The van der Waals surface area contributed by atoms with Crippen LogP contribution in [0.4, 0.5) is 5.00 Å². The van der Waals surface area contributed by atoms with Gasteiger partial charge in [0.2, 0.25) is 10.0 Å². The van der Waals surface area contributed by atoms with Gasteiger partial charge in [-0.25, -0.2) is 13.1 Å². The van der Waals surface area contributed by atoms with Gasteiger partial charge in [-0.3, -0.25) is 14.5 Å². The van der Waals surface area contributed by atoms with Crippen molar-refractivity contribution in [3.8, 4) is 0 Å². The van der Waals surface area contributed by atoms with E-state index in [1.54, 1.807) is 0 Å². The summed E-state index contributed by atoms with van der Waals surface area (Å²) in [4.78, 5) is 30.7. The first-order chi connectivity index (χ1) is 19.0. The molecule has 2 aliphatic rings. The molecule has 0 spiro atoms. The Hall–Kier alpha value is -2.86. The van der Waals surface area contributed by atoms with E-state index in [9.17, 15) is 18.0 Å². The van der Waals surface area contributed by atoms with Crippen LogP contribution in [-0.2, 0) is 23.0 Å². The molecule has 214 valence electrons. The zero-order chi connectivity index (χ0) is 28.8. The van der Waals surface area contributed by atoms with Crippen molar-refractivity contribution in [2.45, 2.75) is 71.4 Å². The molecule has 1 amide bonds. The van der Waals surface area contributed by atoms with Crippen LogP contribution in [0.3, 0.4) is 0 Å². The Morgan fingerprint density at radius 2 is 1.85 bits per heavy atom. The van der Waals surface area contributed by atoms with Crippen LogP contribution in [0.1, 0.15) is 76.2 Å². The molecule has 1 unspecified atom stereocenters. The van der Waals surface area contributed by atoms with E-state index in [0.29, 0.717) is 54.1 Å². The third-order valence-electron chi connectivity index (χ3n) is 7.83. The maximum absolute atomic E-state index is 13.8. The number of carbonyl (C=O) groups excluding carboxylic acids is 2. The van der Waals surface area contributed by atoms with Crippen molar-refractivity contribution in [1.29, 1.82) is 0 Å². The lowest BCUT2D eigenvalue weighted by molar-refractivity contribution is 0.0941. The van der Waals surface area contributed by atoms with Crippen molar-refractivity contribution in [3.63, 3.8) is 0 Å². The normalized spacial score (nSPS) is 18.6. The van der Waals surface area contributed by atoms with Crippen LogP contribution in [0.5, 0.6) is 0 Å². The Balaban J connectivity index is 1.43. The van der Waals surface area contributed by atoms with E-state index in [-0.39, 0.29) is 10.8 Å². The molecule has 11 heteroatoms. The number of aromatic nitrogens is 2. The fourth-order valence-corrected chi connectivity index (χ4v) is 8.44. The topological polar surface area (TPSA) is 105 Å². The SMILES string of the molecule is Cc1cc(C)n(C(=O)c2c(NC(=O)c3ccc(S(=O)(=O)N4CCCC(C)C4)cc3)sc3c2CCN(C(C)C)C3)n1. The number of anilines is 1. The highest BCUT2D eigenvalue weighted by molar-refractivity contribution is 7.89. The highest BCUT2D eigenvalue weighted by atomic mass is 32.2. The fraction of sp³-hybridized carbons (Fsp3) is 0.483. The molecule has 1 aromatic carbocycles. The Morgan fingerprint density at radius 1 is 1.12 bits per heavy atom. The highest BCUT2D eigenvalue weighted by Gasteiger charge is 2.32. The summed E-state index contributed by atoms with van der Waals surface area (Å²) in [7, 11) is -3.62. The fourth-order valence-electron chi connectivity index (χ4n) is 5.59. The van der Waals surface area contributed by atoms with Crippen LogP contribution in [0.15, 0.2) is 35.2 Å². The summed E-state index contributed by atoms with van der Waals surface area (Å²) < 4.78 is 29.2. The smallest absolute Gasteiger partial charge is 0.281 e. The molecule has 2 aliphatic heterocycles. The Kier molecular flexibility index (Phi) is 8.02. The molecule has 5 rings (SSSR count). The van der Waals surface area contributed by atoms with Gasteiger partial charge in [0.15, 0.2) is 0 Å². The van der Waals surface area contributed by atoms with E-state index in [4.69, 9.17) is 0 Å². The minimum Gasteiger partial charge on any atom is -0.313 e. The molecule has 1 N–H and O–H groups in total. The molecule has 1 atom stereocenters. The first-order valence-electron chi connectivity index (χ1n) is 13.8. The number of aryl methyl sites for hydroxylation is 2. The molecule has 40 heavy (non-hydrogen) atoms. The number of thiophene rings is 1. The maximum atomic E-state index is 13.8. The number of hydrogen-bond acceptors (Lipinski definition) is 7. The van der Waals surface area contributed by atoms with E-state index in [1.807, 2.05) is 19.9 Å². The molecule has 4 heterocycles. The number of nitrogens with one attached hydrogen (secondary N) is 1. The Labute approximate surface area is 240 Å². The number of sulfonamides is 1. The Morgan fingerprint density at radius 3 is 2.48 bits per heavy atom. The van der Waals surface area contributed by atoms with Crippen LogP contribution in [0.25, 0.3) is 0 Å². The zero-order valence-corrected chi connectivity index (χ0v) is 25.4. The number of hydrogen-bond donors (Lipinski definition) is 1. The van der Waals surface area contributed by atoms with Gasteiger partial charge in [0.1, 0.15) is 5.00 Å². The number of amides is 1. The number of piperidine rings is 1. The number of benzene rings is 1. The lowest BCUT2D eigenvalue weighted by atomic mass is 10.0. The van der Waals surface area contributed by atoms with E-state index in [1.165, 1.54) is 44.6 Å². The molecule has 0 bridgehead atoms. The largest absolute Gasteiger partial charge is 0.313 e. The molecule has 2 aromatic heterocycles. The molecule has 0 saturated carbocycles. The van der Waals surface area contributed by atoms with Crippen molar-refractivity contribution in [3.05, 3.63) is 63.3 Å². The average molecular weight is 584 g/mol. The van der Waals surface area contributed by atoms with Gasteiger partial charge < -0.3 is 5.32 Å². The summed E-state index contributed by atoms with van der Waals surface area (Å²) in [6, 6.07) is 8.27. The van der Waals surface area contributed by atoms with Crippen LogP contribution in [0.2, 0.25) is 0 Å². The van der Waals surface area contributed by atoms with Crippen LogP contribution >= 0.6 is 11.3 Å². The van der Waals surface area contributed by atoms with Crippen LogP contribution < -0.4 is 5.32 Å². The minimum absolute atomic E-state index is 0.180. The van der Waals surface area contributed by atoms with Gasteiger partial charge >= 0.3 is 0 Å². The third kappa shape index (κ3) is 5.52. The van der Waals surface area contributed by atoms with Gasteiger partial charge in [0.25, 0.3) is 11.8 Å². The number of nitrogens with zero attached hydrogens (tertiary/aromatic N) is 4. The first-order valence-corrected chi connectivity index (χ1v) is 16.1. The summed E-state index contributed by atoms with van der Waals surface area (Å²) >= 11 is 1.43. The van der Waals surface area contributed by atoms with Crippen molar-refractivity contribution in [2.24, 2.45) is 5.92 Å². The third-order valence-corrected chi connectivity index (χ3v) is 10.8. The average Bonchev–Trinajstić information content (AvgIpc) is 3.45. The number of fused-ring (bicyclic) bond motifs is 1. The molecule has 0 radical (unpaired) electrons. The van der Waals surface area contributed by atoms with Crippen LogP contribution in [0, 0.1) is 19.8 Å². The summed E-state index contributed by atoms with van der Waals surface area (Å²) in [5.41, 5.74) is 3.26. The minimum atomic E-state index is -3.62. The van der Waals surface area contributed by atoms with Crippen molar-refractivity contribution in [1.82, 2.24) is 19.0 Å².